The second kappa shape index (κ2) is 8.41. The second-order valence-electron chi connectivity index (χ2n) is 8.31. The van der Waals surface area contributed by atoms with Gasteiger partial charge in [-0.2, -0.15) is 0 Å². The molecular weight excluding hydrogens is 320 g/mol. The van der Waals surface area contributed by atoms with Crippen molar-refractivity contribution in [3.05, 3.63) is 24.0 Å². The van der Waals surface area contributed by atoms with Gasteiger partial charge in [0.15, 0.2) is 0 Å². The minimum Gasteiger partial charge on any atom is -0.371 e. The van der Waals surface area contributed by atoms with Crippen LogP contribution in [0, 0.1) is 17.3 Å². The van der Waals surface area contributed by atoms with Crippen LogP contribution in [0.25, 0.3) is 0 Å². The molecule has 140 valence electrons. The molecule has 0 amide bonds. The lowest BCUT2D eigenvalue weighted by Crippen LogP contribution is -2.38. The molecule has 1 N–H and O–H groups in total. The van der Waals surface area contributed by atoms with Crippen LogP contribution < -0.4 is 10.2 Å². The Morgan fingerprint density at radius 3 is 2.65 bits per heavy atom. The van der Waals surface area contributed by atoms with Crippen molar-refractivity contribution >= 4 is 5.69 Å². The van der Waals surface area contributed by atoms with Crippen molar-refractivity contribution < 1.29 is 0 Å². The van der Waals surface area contributed by atoms with Crippen LogP contribution >= 0.6 is 0 Å². The minimum atomic E-state index is 0.535. The fraction of sp³-hybridized carbons (Fsp3) is 0.682. The van der Waals surface area contributed by atoms with Crippen molar-refractivity contribution in [1.82, 2.24) is 15.2 Å². The van der Waals surface area contributed by atoms with Crippen molar-refractivity contribution in [2.75, 3.05) is 50.7 Å². The molecule has 0 saturated carbocycles. The third kappa shape index (κ3) is 4.39. The second-order valence-corrected chi connectivity index (χ2v) is 8.31. The summed E-state index contributed by atoms with van der Waals surface area (Å²) in [5.74, 6) is 6.67. The van der Waals surface area contributed by atoms with Crippen molar-refractivity contribution in [2.45, 2.75) is 44.9 Å². The average Bonchev–Trinajstić information content (AvgIpc) is 2.90. The van der Waals surface area contributed by atoms with Gasteiger partial charge in [-0.25, -0.2) is 4.98 Å². The van der Waals surface area contributed by atoms with E-state index in [-0.39, 0.29) is 0 Å². The summed E-state index contributed by atoms with van der Waals surface area (Å²) in [7, 11) is 0. The highest BCUT2D eigenvalue weighted by atomic mass is 15.2. The predicted octanol–water partition coefficient (Wildman–Crippen LogP) is 2.89. The summed E-state index contributed by atoms with van der Waals surface area (Å²) in [4.78, 5) is 9.53. The van der Waals surface area contributed by atoms with E-state index in [1.54, 1.807) is 0 Å². The van der Waals surface area contributed by atoms with Crippen molar-refractivity contribution in [1.29, 1.82) is 0 Å². The van der Waals surface area contributed by atoms with Gasteiger partial charge in [0.05, 0.1) is 6.54 Å². The molecule has 0 aliphatic carbocycles. The van der Waals surface area contributed by atoms with Crippen LogP contribution in [0.2, 0.25) is 0 Å². The molecule has 3 aliphatic heterocycles. The largest absolute Gasteiger partial charge is 0.371 e. The highest BCUT2D eigenvalue weighted by Crippen LogP contribution is 2.40. The highest BCUT2D eigenvalue weighted by molar-refractivity contribution is 5.51. The first-order chi connectivity index (χ1) is 12.8. The zero-order valence-corrected chi connectivity index (χ0v) is 16.0. The van der Waals surface area contributed by atoms with Crippen LogP contribution in [0.1, 0.15) is 50.6 Å². The number of hydrogen-bond donors (Lipinski definition) is 1. The highest BCUT2D eigenvalue weighted by Gasteiger charge is 2.38. The van der Waals surface area contributed by atoms with E-state index in [2.05, 4.69) is 44.1 Å². The molecule has 1 spiro atoms. The third-order valence-electron chi connectivity index (χ3n) is 6.43. The fourth-order valence-electron chi connectivity index (χ4n) is 4.74. The van der Waals surface area contributed by atoms with Gasteiger partial charge in [-0.3, -0.25) is 4.90 Å². The van der Waals surface area contributed by atoms with Gasteiger partial charge in [-0.15, -0.1) is 0 Å². The summed E-state index contributed by atoms with van der Waals surface area (Å²) in [5, 5.41) is 3.50. The summed E-state index contributed by atoms with van der Waals surface area (Å²) in [6.45, 7) is 8.00. The first-order valence-corrected chi connectivity index (χ1v) is 10.5. The average molecular weight is 353 g/mol. The first-order valence-electron chi connectivity index (χ1n) is 10.5. The van der Waals surface area contributed by atoms with E-state index in [1.807, 2.05) is 6.20 Å². The molecule has 1 aromatic heterocycles. The van der Waals surface area contributed by atoms with Crippen molar-refractivity contribution in [2.24, 2.45) is 5.41 Å². The number of likely N-dealkylation sites (tertiary alicyclic amines) is 1. The lowest BCUT2D eigenvalue weighted by Gasteiger charge is -2.34. The van der Waals surface area contributed by atoms with Gasteiger partial charge in [0, 0.05) is 25.0 Å². The Hall–Kier alpha value is -1.57. The molecular formula is C22H32N4. The van der Waals surface area contributed by atoms with E-state index in [9.17, 15) is 0 Å². The summed E-state index contributed by atoms with van der Waals surface area (Å²) in [5.41, 5.74) is 2.76. The maximum Gasteiger partial charge on any atom is 0.115 e. The van der Waals surface area contributed by atoms with Crippen molar-refractivity contribution in [3.63, 3.8) is 0 Å². The zero-order chi connectivity index (χ0) is 17.7. The van der Waals surface area contributed by atoms with Gasteiger partial charge in [0.25, 0.3) is 0 Å². The van der Waals surface area contributed by atoms with Crippen LogP contribution in [-0.2, 0) is 0 Å². The molecule has 0 aromatic carbocycles. The zero-order valence-electron chi connectivity index (χ0n) is 16.0. The standard InChI is InChI=1S/C22H32N4/c1-2-4-15-25(14-3-1)16-5-6-20-18-21(7-11-24-20)26-17-10-22(19-26)8-12-23-13-9-22/h7,11,18,23H,1-4,8-10,12-17,19H2. The summed E-state index contributed by atoms with van der Waals surface area (Å²) >= 11 is 0. The number of pyridine rings is 1. The minimum absolute atomic E-state index is 0.535. The van der Waals surface area contributed by atoms with Crippen LogP contribution in [0.15, 0.2) is 18.3 Å². The molecule has 3 saturated heterocycles. The summed E-state index contributed by atoms with van der Waals surface area (Å²) in [6.07, 6.45) is 11.3. The fourth-order valence-corrected chi connectivity index (χ4v) is 4.74. The Morgan fingerprint density at radius 1 is 1.04 bits per heavy atom. The molecule has 3 fully saturated rings. The Kier molecular flexibility index (Phi) is 5.77. The molecule has 0 radical (unpaired) electrons. The van der Waals surface area contributed by atoms with E-state index < -0.39 is 0 Å². The Labute approximate surface area is 158 Å². The maximum atomic E-state index is 4.49. The first kappa shape index (κ1) is 17.8. The number of anilines is 1. The van der Waals surface area contributed by atoms with Gasteiger partial charge >= 0.3 is 0 Å². The van der Waals surface area contributed by atoms with E-state index in [0.717, 1.165) is 12.2 Å². The maximum absolute atomic E-state index is 4.49. The Bertz CT molecular complexity index is 646. The molecule has 26 heavy (non-hydrogen) atoms. The molecule has 4 heterocycles. The number of rotatable bonds is 2. The Morgan fingerprint density at radius 2 is 1.85 bits per heavy atom. The van der Waals surface area contributed by atoms with E-state index in [0.29, 0.717) is 5.41 Å². The molecule has 4 rings (SSSR count). The number of piperidine rings is 1. The summed E-state index contributed by atoms with van der Waals surface area (Å²) in [6, 6.07) is 4.34. The Balaban J connectivity index is 1.37. The number of aromatic nitrogens is 1. The normalized spacial score (nSPS) is 23.5. The molecule has 0 bridgehead atoms. The monoisotopic (exact) mass is 352 g/mol. The van der Waals surface area contributed by atoms with Gasteiger partial charge in [-0.1, -0.05) is 18.8 Å². The molecule has 3 aliphatic rings. The molecule has 0 unspecified atom stereocenters. The lowest BCUT2D eigenvalue weighted by atomic mass is 9.78. The number of nitrogens with one attached hydrogen (secondary N) is 1. The van der Waals surface area contributed by atoms with Gasteiger partial charge in [-0.05, 0) is 81.8 Å². The quantitative estimate of drug-likeness (QED) is 0.830. The van der Waals surface area contributed by atoms with Crippen LogP contribution in [-0.4, -0.2) is 55.7 Å². The van der Waals surface area contributed by atoms with Crippen molar-refractivity contribution in [3.8, 4) is 11.8 Å². The number of nitrogens with zero attached hydrogens (tertiary/aromatic N) is 3. The van der Waals surface area contributed by atoms with Gasteiger partial charge in [0.1, 0.15) is 5.69 Å². The predicted molar refractivity (Wildman–Crippen MR) is 107 cm³/mol. The van der Waals surface area contributed by atoms with E-state index in [1.165, 1.54) is 89.9 Å². The van der Waals surface area contributed by atoms with E-state index in [4.69, 9.17) is 0 Å². The van der Waals surface area contributed by atoms with Gasteiger partial charge < -0.3 is 10.2 Å². The third-order valence-corrected chi connectivity index (χ3v) is 6.43. The topological polar surface area (TPSA) is 31.4 Å². The summed E-state index contributed by atoms with van der Waals surface area (Å²) < 4.78 is 0. The van der Waals surface area contributed by atoms with Crippen LogP contribution in [0.5, 0.6) is 0 Å². The van der Waals surface area contributed by atoms with E-state index >= 15 is 0 Å². The SMILES string of the molecule is C(#Cc1cc(N2CCC3(CCNCC3)C2)ccn1)CN1CCCCCC1. The van der Waals surface area contributed by atoms with Crippen LogP contribution in [0.3, 0.4) is 0 Å². The molecule has 4 nitrogen and oxygen atoms in total. The molecule has 1 aromatic rings. The number of hydrogen-bond acceptors (Lipinski definition) is 4. The van der Waals surface area contributed by atoms with Crippen LogP contribution in [0.4, 0.5) is 5.69 Å². The molecule has 4 heteroatoms. The van der Waals surface area contributed by atoms with Gasteiger partial charge in [0.2, 0.25) is 0 Å². The smallest absolute Gasteiger partial charge is 0.115 e. The molecule has 0 atom stereocenters. The lowest BCUT2D eigenvalue weighted by molar-refractivity contribution is 0.232.